The molecule has 1 aliphatic heterocycles. The van der Waals surface area contributed by atoms with Gasteiger partial charge in [-0.2, -0.15) is 0 Å². The minimum atomic E-state index is -2.00. The first-order valence-corrected chi connectivity index (χ1v) is 15.1. The number of ether oxygens (including phenoxy) is 1. The van der Waals surface area contributed by atoms with Gasteiger partial charge in [0.2, 0.25) is 0 Å². The van der Waals surface area contributed by atoms with Crippen molar-refractivity contribution < 1.29 is 23.5 Å². The summed E-state index contributed by atoms with van der Waals surface area (Å²) in [5, 5.41) is 0. The SMILES string of the molecule is CC[C@H]1OC(=O)[C@H](C)C(=O)[C@H](C)[C@@H](O[Si](CC)(CC)CC)[C@@H](C)C[C@@H](C)C(=O)/C=C/[C@H]1C. The van der Waals surface area contributed by atoms with E-state index in [1.807, 2.05) is 33.8 Å². The highest BCUT2D eigenvalue weighted by Crippen LogP contribution is 2.33. The van der Waals surface area contributed by atoms with Crippen LogP contribution in [0.3, 0.4) is 0 Å². The second-order valence-electron chi connectivity index (χ2n) is 9.86. The predicted molar refractivity (Wildman–Crippen MR) is 132 cm³/mol. The number of allylic oxidation sites excluding steroid dienone is 1. The largest absolute Gasteiger partial charge is 0.461 e. The topological polar surface area (TPSA) is 69.7 Å². The maximum atomic E-state index is 13.4. The van der Waals surface area contributed by atoms with E-state index in [4.69, 9.17) is 9.16 Å². The van der Waals surface area contributed by atoms with E-state index in [9.17, 15) is 14.4 Å². The van der Waals surface area contributed by atoms with Crippen molar-refractivity contribution >= 4 is 25.9 Å². The van der Waals surface area contributed by atoms with Gasteiger partial charge in [-0.15, -0.1) is 0 Å². The quantitative estimate of drug-likeness (QED) is 0.274. The van der Waals surface area contributed by atoms with E-state index < -0.39 is 26.1 Å². The van der Waals surface area contributed by atoms with E-state index in [0.717, 1.165) is 18.1 Å². The van der Waals surface area contributed by atoms with Gasteiger partial charge in [-0.3, -0.25) is 14.4 Å². The molecule has 1 rings (SSSR count). The van der Waals surface area contributed by atoms with Crippen LogP contribution < -0.4 is 0 Å². The summed E-state index contributed by atoms with van der Waals surface area (Å²) in [5.74, 6) is -2.07. The number of esters is 1. The molecule has 0 radical (unpaired) electrons. The molecule has 32 heavy (non-hydrogen) atoms. The number of cyclic esters (lactones) is 1. The fourth-order valence-corrected chi connectivity index (χ4v) is 7.84. The normalized spacial score (nSPS) is 34.7. The molecule has 1 aliphatic rings. The summed E-state index contributed by atoms with van der Waals surface area (Å²) in [5.41, 5.74) is 0. The third-order valence-corrected chi connectivity index (χ3v) is 12.3. The highest BCUT2D eigenvalue weighted by atomic mass is 28.4. The van der Waals surface area contributed by atoms with Crippen LogP contribution >= 0.6 is 0 Å². The van der Waals surface area contributed by atoms with Crippen molar-refractivity contribution in [1.29, 1.82) is 0 Å². The van der Waals surface area contributed by atoms with Crippen LogP contribution in [0.4, 0.5) is 0 Å². The van der Waals surface area contributed by atoms with E-state index in [1.54, 1.807) is 13.0 Å². The molecule has 184 valence electrons. The van der Waals surface area contributed by atoms with Crippen molar-refractivity contribution in [1.82, 2.24) is 0 Å². The van der Waals surface area contributed by atoms with E-state index in [-0.39, 0.29) is 41.5 Å². The molecule has 0 aromatic rings. The second kappa shape index (κ2) is 12.8. The fourth-order valence-electron chi connectivity index (χ4n) is 4.83. The first-order chi connectivity index (χ1) is 15.0. The van der Waals surface area contributed by atoms with Gasteiger partial charge in [-0.1, -0.05) is 61.5 Å². The summed E-state index contributed by atoms with van der Waals surface area (Å²) in [6.07, 6.45) is 4.08. The van der Waals surface area contributed by atoms with Crippen molar-refractivity contribution in [2.24, 2.45) is 29.6 Å². The summed E-state index contributed by atoms with van der Waals surface area (Å²) in [6.45, 7) is 18.0. The lowest BCUT2D eigenvalue weighted by Gasteiger charge is -2.39. The highest BCUT2D eigenvalue weighted by Gasteiger charge is 2.41. The number of ketones is 2. The zero-order chi connectivity index (χ0) is 24.6. The van der Waals surface area contributed by atoms with E-state index in [1.165, 1.54) is 0 Å². The van der Waals surface area contributed by atoms with Crippen LogP contribution in [0.2, 0.25) is 18.1 Å². The Morgan fingerprint density at radius 3 is 2.03 bits per heavy atom. The zero-order valence-corrected chi connectivity index (χ0v) is 22.8. The van der Waals surface area contributed by atoms with E-state index >= 15 is 0 Å². The molecule has 0 N–H and O–H groups in total. The van der Waals surface area contributed by atoms with Gasteiger partial charge in [0.15, 0.2) is 19.9 Å². The molecule has 0 aromatic carbocycles. The number of Topliss-reactive ketones (excluding diaryl/α,β-unsaturated/α-hetero) is 1. The Kier molecular flexibility index (Phi) is 11.5. The first-order valence-electron chi connectivity index (χ1n) is 12.6. The van der Waals surface area contributed by atoms with Crippen molar-refractivity contribution in [3.8, 4) is 0 Å². The molecule has 0 fully saturated rings. The molecule has 5 nitrogen and oxygen atoms in total. The van der Waals surface area contributed by atoms with Crippen molar-refractivity contribution in [2.45, 2.75) is 105 Å². The molecule has 1 heterocycles. The van der Waals surface area contributed by atoms with Crippen LogP contribution in [0.1, 0.15) is 75.2 Å². The number of rotatable bonds is 6. The predicted octanol–water partition coefficient (Wildman–Crippen LogP) is 5.98. The maximum absolute atomic E-state index is 13.4. The number of hydrogen-bond donors (Lipinski definition) is 0. The second-order valence-corrected chi connectivity index (χ2v) is 14.6. The van der Waals surface area contributed by atoms with Crippen molar-refractivity contribution in [2.75, 3.05) is 0 Å². The lowest BCUT2D eigenvalue weighted by Crippen LogP contribution is -2.48. The zero-order valence-electron chi connectivity index (χ0n) is 21.8. The van der Waals surface area contributed by atoms with E-state index in [0.29, 0.717) is 12.8 Å². The Morgan fingerprint density at radius 1 is 0.969 bits per heavy atom. The molecule has 0 aromatic heterocycles. The molecule has 0 saturated heterocycles. The lowest BCUT2D eigenvalue weighted by atomic mass is 9.81. The highest BCUT2D eigenvalue weighted by molar-refractivity contribution is 6.73. The average Bonchev–Trinajstić information content (AvgIpc) is 2.79. The molecular weight excluding hydrogens is 420 g/mol. The summed E-state index contributed by atoms with van der Waals surface area (Å²) in [4.78, 5) is 39.1. The third-order valence-electron chi connectivity index (χ3n) is 7.63. The van der Waals surface area contributed by atoms with Gasteiger partial charge in [0.25, 0.3) is 0 Å². The van der Waals surface area contributed by atoms with Gasteiger partial charge in [0, 0.05) is 17.8 Å². The van der Waals surface area contributed by atoms with Gasteiger partial charge < -0.3 is 9.16 Å². The molecule has 0 saturated carbocycles. The number of hydrogen-bond acceptors (Lipinski definition) is 5. The standard InChI is InChI=1S/C26H46O5Si/c1-10-23-17(5)14-15-22(27)18(6)16-19(7)25(31-32(11-2,12-3)13-4)20(8)24(28)21(9)26(29)30-23/h14-15,17-21,23,25H,10-13,16H2,1-9H3/b15-14+/t17-,18-,19+,20+,21-,23-,25+/m1/s1. The number of carbonyl (C=O) groups is 3. The Labute approximate surface area is 196 Å². The Hall–Kier alpha value is -1.27. The molecule has 0 unspecified atom stereocenters. The van der Waals surface area contributed by atoms with Crippen LogP contribution in [0.15, 0.2) is 12.2 Å². The Morgan fingerprint density at radius 2 is 1.53 bits per heavy atom. The molecule has 7 atom stereocenters. The number of carbonyl (C=O) groups excluding carboxylic acids is 3. The lowest BCUT2D eigenvalue weighted by molar-refractivity contribution is -0.159. The monoisotopic (exact) mass is 466 g/mol. The first kappa shape index (κ1) is 28.8. The Balaban J connectivity index is 3.40. The minimum Gasteiger partial charge on any atom is -0.461 e. The van der Waals surface area contributed by atoms with Gasteiger partial charge in [-0.25, -0.2) is 0 Å². The van der Waals surface area contributed by atoms with Gasteiger partial charge in [0.1, 0.15) is 12.0 Å². The molecule has 0 bridgehead atoms. The summed E-state index contributed by atoms with van der Waals surface area (Å²) in [6, 6.07) is 2.94. The van der Waals surface area contributed by atoms with Crippen LogP contribution in [-0.4, -0.2) is 38.1 Å². The van der Waals surface area contributed by atoms with Crippen LogP contribution in [0, 0.1) is 29.6 Å². The summed E-state index contributed by atoms with van der Waals surface area (Å²) >= 11 is 0. The van der Waals surface area contributed by atoms with Gasteiger partial charge >= 0.3 is 5.97 Å². The van der Waals surface area contributed by atoms with E-state index in [2.05, 4.69) is 27.7 Å². The minimum absolute atomic E-state index is 0.0183. The molecule has 0 spiro atoms. The Bertz CT molecular complexity index is 661. The maximum Gasteiger partial charge on any atom is 0.316 e. The van der Waals surface area contributed by atoms with Crippen LogP contribution in [0.25, 0.3) is 0 Å². The fraction of sp³-hybridized carbons (Fsp3) is 0.808. The van der Waals surface area contributed by atoms with Gasteiger partial charge in [0.05, 0.1) is 6.10 Å². The van der Waals surface area contributed by atoms with Crippen LogP contribution in [-0.2, 0) is 23.5 Å². The molecule has 0 aliphatic carbocycles. The van der Waals surface area contributed by atoms with Crippen LogP contribution in [0.5, 0.6) is 0 Å². The summed E-state index contributed by atoms with van der Waals surface area (Å²) in [7, 11) is -2.00. The molecular formula is C26H46O5Si. The van der Waals surface area contributed by atoms with Gasteiger partial charge in [-0.05, 0) is 49.9 Å². The third kappa shape index (κ3) is 7.11. The van der Waals surface area contributed by atoms with Crippen molar-refractivity contribution in [3.63, 3.8) is 0 Å². The molecule has 0 amide bonds. The van der Waals surface area contributed by atoms with Crippen molar-refractivity contribution in [3.05, 3.63) is 12.2 Å². The average molecular weight is 467 g/mol. The smallest absolute Gasteiger partial charge is 0.316 e. The molecule has 6 heteroatoms. The summed E-state index contributed by atoms with van der Waals surface area (Å²) < 4.78 is 12.6.